The van der Waals surface area contributed by atoms with Gasteiger partial charge < -0.3 is 14.8 Å². The molecule has 1 amide bonds. The van der Waals surface area contributed by atoms with E-state index in [1.807, 2.05) is 54.6 Å². The summed E-state index contributed by atoms with van der Waals surface area (Å²) >= 11 is 0. The Kier molecular flexibility index (Phi) is 5.69. The summed E-state index contributed by atoms with van der Waals surface area (Å²) < 4.78 is 12.0. The molecule has 1 fully saturated rings. The van der Waals surface area contributed by atoms with Gasteiger partial charge in [0.05, 0.1) is 18.6 Å². The molecule has 1 atom stereocenters. The Labute approximate surface area is 182 Å². The zero-order valence-corrected chi connectivity index (χ0v) is 17.4. The number of carbonyl (C=O) groups excluding carboxylic acids is 1. The molecule has 3 aromatic rings. The predicted octanol–water partition coefficient (Wildman–Crippen LogP) is 3.94. The molecule has 5 heteroatoms. The van der Waals surface area contributed by atoms with Crippen LogP contribution in [0.25, 0.3) is 0 Å². The first-order valence-electron chi connectivity index (χ1n) is 10.8. The Morgan fingerprint density at radius 1 is 0.903 bits per heavy atom. The number of amides is 1. The molecule has 0 aromatic heterocycles. The zero-order chi connectivity index (χ0) is 21.0. The van der Waals surface area contributed by atoms with E-state index in [0.29, 0.717) is 13.2 Å². The molecule has 1 saturated heterocycles. The predicted molar refractivity (Wildman–Crippen MR) is 119 cm³/mol. The van der Waals surface area contributed by atoms with Crippen LogP contribution in [0.1, 0.15) is 22.6 Å². The van der Waals surface area contributed by atoms with Gasteiger partial charge in [-0.25, -0.2) is 0 Å². The molecular weight excluding hydrogens is 388 g/mol. The lowest BCUT2D eigenvalue weighted by Crippen LogP contribution is -2.47. The minimum Gasteiger partial charge on any atom is -0.457 e. The van der Waals surface area contributed by atoms with Gasteiger partial charge >= 0.3 is 0 Å². The minimum absolute atomic E-state index is 0.0213. The van der Waals surface area contributed by atoms with Crippen LogP contribution in [-0.4, -0.2) is 43.2 Å². The maximum atomic E-state index is 13.3. The van der Waals surface area contributed by atoms with Crippen molar-refractivity contribution in [2.75, 3.05) is 26.2 Å². The number of para-hydroxylation sites is 2. The van der Waals surface area contributed by atoms with E-state index in [2.05, 4.69) is 34.5 Å². The summed E-state index contributed by atoms with van der Waals surface area (Å²) in [4.78, 5) is 15.7. The Morgan fingerprint density at radius 3 is 2.26 bits per heavy atom. The van der Waals surface area contributed by atoms with Crippen molar-refractivity contribution in [1.82, 2.24) is 10.2 Å². The number of fused-ring (bicyclic) bond motifs is 2. The number of hydrogen-bond acceptors (Lipinski definition) is 4. The molecule has 2 heterocycles. The van der Waals surface area contributed by atoms with Gasteiger partial charge in [0.15, 0.2) is 0 Å². The number of benzene rings is 3. The van der Waals surface area contributed by atoms with E-state index < -0.39 is 0 Å². The molecule has 5 rings (SSSR count). The topological polar surface area (TPSA) is 50.8 Å². The van der Waals surface area contributed by atoms with Gasteiger partial charge in [-0.2, -0.15) is 0 Å². The summed E-state index contributed by atoms with van der Waals surface area (Å²) in [7, 11) is 0. The fraction of sp³-hybridized carbons (Fsp3) is 0.269. The maximum absolute atomic E-state index is 13.3. The molecule has 0 spiro atoms. The highest BCUT2D eigenvalue weighted by Crippen LogP contribution is 2.43. The monoisotopic (exact) mass is 414 g/mol. The third kappa shape index (κ3) is 4.33. The number of morpholine rings is 1. The number of carbonyl (C=O) groups is 1. The molecule has 0 bridgehead atoms. The quantitative estimate of drug-likeness (QED) is 0.687. The average Bonchev–Trinajstić information content (AvgIpc) is 2.82. The standard InChI is InChI=1S/C26H26N2O3/c29-26(25-21-10-4-6-12-23(21)31-24-13-7-5-11-22(24)25)27-16-20-18-28(14-15-30-20)17-19-8-2-1-3-9-19/h1-13,20,25H,14-18H2,(H,27,29)/t20-/m1/s1. The van der Waals surface area contributed by atoms with Gasteiger partial charge in [-0.15, -0.1) is 0 Å². The number of hydrogen-bond donors (Lipinski definition) is 1. The van der Waals surface area contributed by atoms with E-state index in [4.69, 9.17) is 9.47 Å². The second-order valence-corrected chi connectivity index (χ2v) is 8.07. The highest BCUT2D eigenvalue weighted by atomic mass is 16.5. The van der Waals surface area contributed by atoms with Crippen molar-refractivity contribution < 1.29 is 14.3 Å². The van der Waals surface area contributed by atoms with Gasteiger partial charge in [0.1, 0.15) is 11.5 Å². The van der Waals surface area contributed by atoms with E-state index in [1.165, 1.54) is 5.56 Å². The lowest BCUT2D eigenvalue weighted by atomic mass is 9.87. The van der Waals surface area contributed by atoms with Crippen molar-refractivity contribution in [1.29, 1.82) is 0 Å². The Morgan fingerprint density at radius 2 is 1.55 bits per heavy atom. The van der Waals surface area contributed by atoms with Crippen molar-refractivity contribution in [3.05, 3.63) is 95.6 Å². The first-order valence-corrected chi connectivity index (χ1v) is 10.8. The third-order valence-electron chi connectivity index (χ3n) is 5.92. The summed E-state index contributed by atoms with van der Waals surface area (Å²) in [6.45, 7) is 3.77. The van der Waals surface area contributed by atoms with E-state index in [0.717, 1.165) is 42.3 Å². The molecule has 1 N–H and O–H groups in total. The van der Waals surface area contributed by atoms with Crippen molar-refractivity contribution >= 4 is 5.91 Å². The van der Waals surface area contributed by atoms with Crippen LogP contribution in [-0.2, 0) is 16.1 Å². The average molecular weight is 415 g/mol. The second kappa shape index (κ2) is 8.92. The fourth-order valence-electron chi connectivity index (χ4n) is 4.40. The highest BCUT2D eigenvalue weighted by Gasteiger charge is 2.33. The first-order chi connectivity index (χ1) is 15.3. The molecule has 158 valence electrons. The molecule has 5 nitrogen and oxygen atoms in total. The zero-order valence-electron chi connectivity index (χ0n) is 17.4. The van der Waals surface area contributed by atoms with Crippen molar-refractivity contribution in [3.8, 4) is 11.5 Å². The summed E-state index contributed by atoms with van der Waals surface area (Å²) in [6, 6.07) is 26.0. The lowest BCUT2D eigenvalue weighted by molar-refractivity contribution is -0.123. The smallest absolute Gasteiger partial charge is 0.232 e. The van der Waals surface area contributed by atoms with Crippen molar-refractivity contribution in [2.45, 2.75) is 18.6 Å². The van der Waals surface area contributed by atoms with E-state index in [1.54, 1.807) is 0 Å². The summed E-state index contributed by atoms with van der Waals surface area (Å²) in [5.74, 6) is 1.07. The van der Waals surface area contributed by atoms with Gasteiger partial charge in [-0.3, -0.25) is 9.69 Å². The van der Waals surface area contributed by atoms with Crippen LogP contribution in [0.4, 0.5) is 0 Å². The molecule has 0 saturated carbocycles. The molecule has 31 heavy (non-hydrogen) atoms. The molecule has 0 radical (unpaired) electrons. The molecular formula is C26H26N2O3. The van der Waals surface area contributed by atoms with E-state index in [-0.39, 0.29) is 17.9 Å². The Balaban J connectivity index is 1.26. The Bertz CT molecular complexity index is 1010. The van der Waals surface area contributed by atoms with Gasteiger partial charge in [0, 0.05) is 37.3 Å². The van der Waals surface area contributed by atoms with Gasteiger partial charge in [-0.05, 0) is 17.7 Å². The van der Waals surface area contributed by atoms with E-state index >= 15 is 0 Å². The van der Waals surface area contributed by atoms with Gasteiger partial charge in [0.2, 0.25) is 5.91 Å². The van der Waals surface area contributed by atoms with Crippen LogP contribution in [0.15, 0.2) is 78.9 Å². The largest absolute Gasteiger partial charge is 0.457 e. The fourth-order valence-corrected chi connectivity index (χ4v) is 4.40. The van der Waals surface area contributed by atoms with Crippen LogP contribution in [0.5, 0.6) is 11.5 Å². The maximum Gasteiger partial charge on any atom is 0.232 e. The number of rotatable bonds is 5. The van der Waals surface area contributed by atoms with Gasteiger partial charge in [-0.1, -0.05) is 66.7 Å². The summed E-state index contributed by atoms with van der Waals surface area (Å²) in [5.41, 5.74) is 3.09. The highest BCUT2D eigenvalue weighted by molar-refractivity contribution is 5.89. The van der Waals surface area contributed by atoms with Crippen LogP contribution in [0.3, 0.4) is 0 Å². The SMILES string of the molecule is O=C(NC[C@@H]1CN(Cc2ccccc2)CCO1)C1c2ccccc2Oc2ccccc21. The molecule has 2 aliphatic heterocycles. The van der Waals surface area contributed by atoms with Crippen LogP contribution in [0, 0.1) is 0 Å². The number of nitrogens with zero attached hydrogens (tertiary/aromatic N) is 1. The molecule has 3 aromatic carbocycles. The lowest BCUT2D eigenvalue weighted by Gasteiger charge is -2.33. The van der Waals surface area contributed by atoms with Crippen molar-refractivity contribution in [2.24, 2.45) is 0 Å². The van der Waals surface area contributed by atoms with Crippen molar-refractivity contribution in [3.63, 3.8) is 0 Å². The summed E-state index contributed by atoms with van der Waals surface area (Å²) in [6.07, 6.45) is -0.0215. The molecule has 0 unspecified atom stereocenters. The first kappa shape index (κ1) is 19.8. The Hall–Kier alpha value is -3.15. The third-order valence-corrected chi connectivity index (χ3v) is 5.92. The van der Waals surface area contributed by atoms with Gasteiger partial charge in [0.25, 0.3) is 0 Å². The number of ether oxygens (including phenoxy) is 2. The van der Waals surface area contributed by atoms with E-state index in [9.17, 15) is 4.79 Å². The molecule has 0 aliphatic carbocycles. The normalized spacial score (nSPS) is 18.5. The van der Waals surface area contributed by atoms with Crippen LogP contribution >= 0.6 is 0 Å². The van der Waals surface area contributed by atoms with Crippen LogP contribution in [0.2, 0.25) is 0 Å². The summed E-state index contributed by atoms with van der Waals surface area (Å²) in [5, 5.41) is 3.14. The minimum atomic E-state index is -0.384. The molecule has 2 aliphatic rings. The second-order valence-electron chi connectivity index (χ2n) is 8.07. The number of nitrogens with one attached hydrogen (secondary N) is 1. The van der Waals surface area contributed by atoms with Crippen LogP contribution < -0.4 is 10.1 Å².